The van der Waals surface area contributed by atoms with Gasteiger partial charge in [0, 0.05) is 31.5 Å². The summed E-state index contributed by atoms with van der Waals surface area (Å²) in [6, 6.07) is 9.00. The third kappa shape index (κ3) is 4.06. The molecule has 126 valence electrons. The van der Waals surface area contributed by atoms with Gasteiger partial charge in [0.05, 0.1) is 5.69 Å². The number of pyridine rings is 1. The summed E-state index contributed by atoms with van der Waals surface area (Å²) in [5, 5.41) is 13.0. The average Bonchev–Trinajstić information content (AvgIpc) is 2.98. The molecule has 0 saturated carbocycles. The van der Waals surface area contributed by atoms with Crippen molar-refractivity contribution in [3.8, 4) is 5.75 Å². The van der Waals surface area contributed by atoms with E-state index in [-0.39, 0.29) is 18.9 Å². The first-order valence-corrected chi connectivity index (χ1v) is 7.51. The van der Waals surface area contributed by atoms with Gasteiger partial charge in [-0.05, 0) is 24.3 Å². The molecule has 1 aromatic carbocycles. The van der Waals surface area contributed by atoms with Crippen molar-refractivity contribution in [2.24, 2.45) is 0 Å². The molecule has 0 radical (unpaired) electrons. The fourth-order valence-corrected chi connectivity index (χ4v) is 2.26. The Morgan fingerprint density at radius 3 is 2.88 bits per heavy atom. The second-order valence-electron chi connectivity index (χ2n) is 5.37. The van der Waals surface area contributed by atoms with Gasteiger partial charge < -0.3 is 19.6 Å². The topological polar surface area (TPSA) is 58.8 Å². The molecule has 0 aliphatic carbocycles. The fourth-order valence-electron chi connectivity index (χ4n) is 2.26. The second-order valence-corrected chi connectivity index (χ2v) is 5.37. The molecule has 0 bridgehead atoms. The quantitative estimate of drug-likeness (QED) is 0.696. The number of aliphatic hydroxyl groups excluding tert-OH is 1. The van der Waals surface area contributed by atoms with E-state index >= 15 is 0 Å². The number of ether oxygens (including phenoxy) is 1. The summed E-state index contributed by atoms with van der Waals surface area (Å²) in [6.07, 6.45) is 3.04. The Hall–Kier alpha value is -2.51. The number of aromatic nitrogens is 2. The van der Waals surface area contributed by atoms with Crippen LogP contribution in [0.3, 0.4) is 0 Å². The van der Waals surface area contributed by atoms with Gasteiger partial charge in [-0.2, -0.15) is 0 Å². The predicted molar refractivity (Wildman–Crippen MR) is 84.8 cm³/mol. The molecule has 7 heteroatoms. The first-order valence-electron chi connectivity index (χ1n) is 7.51. The normalized spacial score (nSPS) is 12.5. The van der Waals surface area contributed by atoms with Gasteiger partial charge in [-0.15, -0.1) is 0 Å². The van der Waals surface area contributed by atoms with Crippen LogP contribution in [0.4, 0.5) is 8.78 Å². The van der Waals surface area contributed by atoms with Crippen LogP contribution in [0.25, 0.3) is 5.65 Å². The Bertz CT molecular complexity index is 789. The van der Waals surface area contributed by atoms with Gasteiger partial charge in [0.1, 0.15) is 24.1 Å². The minimum Gasteiger partial charge on any atom is -0.491 e. The van der Waals surface area contributed by atoms with Crippen molar-refractivity contribution in [3.63, 3.8) is 0 Å². The first-order chi connectivity index (χ1) is 11.6. The van der Waals surface area contributed by atoms with E-state index in [4.69, 9.17) is 4.74 Å². The summed E-state index contributed by atoms with van der Waals surface area (Å²) < 4.78 is 33.0. The molecule has 3 rings (SSSR count). The van der Waals surface area contributed by atoms with Crippen LogP contribution in [0.5, 0.6) is 5.75 Å². The molecule has 0 aliphatic heterocycles. The standard InChI is InChI=1S/C17H17F2N3O2/c18-15-5-4-14(7-16(15)19)24-11-13(23)9-20-8-12-10-22-6-2-1-3-17(22)21-12/h1-7,10,13,20,23H,8-9,11H2. The molecule has 1 atom stereocenters. The second kappa shape index (κ2) is 7.37. The summed E-state index contributed by atoms with van der Waals surface area (Å²) in [6.45, 7) is 0.769. The van der Waals surface area contributed by atoms with Crippen molar-refractivity contribution in [3.05, 3.63) is 66.1 Å². The van der Waals surface area contributed by atoms with E-state index in [0.29, 0.717) is 6.54 Å². The Balaban J connectivity index is 1.43. The lowest BCUT2D eigenvalue weighted by Gasteiger charge is -2.13. The van der Waals surface area contributed by atoms with Crippen LogP contribution in [0, 0.1) is 11.6 Å². The number of halogens is 2. The van der Waals surface area contributed by atoms with E-state index in [1.54, 1.807) is 0 Å². The maximum atomic E-state index is 13.0. The molecule has 3 aromatic rings. The van der Waals surface area contributed by atoms with Gasteiger partial charge in [0.25, 0.3) is 0 Å². The molecule has 0 saturated heterocycles. The smallest absolute Gasteiger partial charge is 0.162 e. The van der Waals surface area contributed by atoms with Gasteiger partial charge in [-0.3, -0.25) is 0 Å². The Kier molecular flexibility index (Phi) is 5.02. The van der Waals surface area contributed by atoms with Crippen molar-refractivity contribution in [2.75, 3.05) is 13.2 Å². The van der Waals surface area contributed by atoms with Crippen molar-refractivity contribution >= 4 is 5.65 Å². The summed E-state index contributed by atoms with van der Waals surface area (Å²) in [7, 11) is 0. The highest BCUT2D eigenvalue weighted by atomic mass is 19.2. The van der Waals surface area contributed by atoms with E-state index in [9.17, 15) is 13.9 Å². The highest BCUT2D eigenvalue weighted by Crippen LogP contribution is 2.15. The Morgan fingerprint density at radius 1 is 1.21 bits per heavy atom. The Labute approximate surface area is 137 Å². The molecular weight excluding hydrogens is 316 g/mol. The lowest BCUT2D eigenvalue weighted by atomic mass is 10.3. The molecule has 5 nitrogen and oxygen atoms in total. The molecule has 0 amide bonds. The number of benzene rings is 1. The monoisotopic (exact) mass is 333 g/mol. The lowest BCUT2D eigenvalue weighted by molar-refractivity contribution is 0.106. The van der Waals surface area contributed by atoms with Crippen LogP contribution in [-0.4, -0.2) is 33.7 Å². The molecule has 24 heavy (non-hydrogen) atoms. The molecule has 1 unspecified atom stereocenters. The number of aliphatic hydroxyl groups is 1. The molecule has 2 N–H and O–H groups in total. The van der Waals surface area contributed by atoms with Crippen LogP contribution in [-0.2, 0) is 6.54 Å². The third-order valence-corrected chi connectivity index (χ3v) is 3.43. The predicted octanol–water partition coefficient (Wildman–Crippen LogP) is 2.14. The average molecular weight is 333 g/mol. The van der Waals surface area contributed by atoms with Crippen molar-refractivity contribution in [1.29, 1.82) is 0 Å². The lowest BCUT2D eigenvalue weighted by Crippen LogP contribution is -2.31. The number of nitrogens with one attached hydrogen (secondary N) is 1. The largest absolute Gasteiger partial charge is 0.491 e. The molecular formula is C17H17F2N3O2. The molecule has 0 aliphatic rings. The van der Waals surface area contributed by atoms with Crippen molar-refractivity contribution in [2.45, 2.75) is 12.6 Å². The SMILES string of the molecule is OC(CNCc1cn2ccccc2n1)COc1ccc(F)c(F)c1. The van der Waals surface area contributed by atoms with Crippen LogP contribution in [0.2, 0.25) is 0 Å². The highest BCUT2D eigenvalue weighted by Gasteiger charge is 2.08. The van der Waals surface area contributed by atoms with Gasteiger partial charge in [-0.25, -0.2) is 13.8 Å². The summed E-state index contributed by atoms with van der Waals surface area (Å²) >= 11 is 0. The molecule has 0 spiro atoms. The van der Waals surface area contributed by atoms with Crippen molar-refractivity contribution < 1.29 is 18.6 Å². The van der Waals surface area contributed by atoms with Gasteiger partial charge in [0.15, 0.2) is 11.6 Å². The first kappa shape index (κ1) is 16.4. The highest BCUT2D eigenvalue weighted by molar-refractivity contribution is 5.39. The maximum absolute atomic E-state index is 13.0. The number of imidazole rings is 1. The van der Waals surface area contributed by atoms with Crippen LogP contribution in [0.15, 0.2) is 48.8 Å². The summed E-state index contributed by atoms with van der Waals surface area (Å²) in [4.78, 5) is 4.43. The van der Waals surface area contributed by atoms with Crippen LogP contribution >= 0.6 is 0 Å². The van der Waals surface area contributed by atoms with E-state index < -0.39 is 17.7 Å². The minimum absolute atomic E-state index is 0.0246. The van der Waals surface area contributed by atoms with Crippen molar-refractivity contribution in [1.82, 2.24) is 14.7 Å². The van der Waals surface area contributed by atoms with E-state index in [0.717, 1.165) is 23.5 Å². The molecule has 0 fully saturated rings. The van der Waals surface area contributed by atoms with E-state index in [2.05, 4.69) is 10.3 Å². The van der Waals surface area contributed by atoms with E-state index in [1.807, 2.05) is 35.0 Å². The number of fused-ring (bicyclic) bond motifs is 1. The van der Waals surface area contributed by atoms with Gasteiger partial charge in [-0.1, -0.05) is 6.07 Å². The van der Waals surface area contributed by atoms with Gasteiger partial charge in [0.2, 0.25) is 0 Å². The number of hydrogen-bond acceptors (Lipinski definition) is 4. The van der Waals surface area contributed by atoms with Gasteiger partial charge >= 0.3 is 0 Å². The zero-order valence-corrected chi connectivity index (χ0v) is 12.8. The fraction of sp³-hybridized carbons (Fsp3) is 0.235. The number of nitrogens with zero attached hydrogens (tertiary/aromatic N) is 2. The molecule has 2 heterocycles. The third-order valence-electron chi connectivity index (χ3n) is 3.43. The molecule has 2 aromatic heterocycles. The zero-order valence-electron chi connectivity index (χ0n) is 12.8. The minimum atomic E-state index is -0.980. The van der Waals surface area contributed by atoms with Crippen LogP contribution < -0.4 is 10.1 Å². The zero-order chi connectivity index (χ0) is 16.9. The van der Waals surface area contributed by atoms with E-state index in [1.165, 1.54) is 6.07 Å². The van der Waals surface area contributed by atoms with Crippen LogP contribution in [0.1, 0.15) is 5.69 Å². The maximum Gasteiger partial charge on any atom is 0.162 e. The number of rotatable bonds is 7. The summed E-state index contributed by atoms with van der Waals surface area (Å²) in [5.74, 6) is -1.74. The Morgan fingerprint density at radius 2 is 2.08 bits per heavy atom. The summed E-state index contributed by atoms with van der Waals surface area (Å²) in [5.41, 5.74) is 1.71. The number of hydrogen-bond donors (Lipinski definition) is 2.